The zero-order valence-corrected chi connectivity index (χ0v) is 14.5. The average Bonchev–Trinajstić information content (AvgIpc) is 2.87. The average molecular weight is 422 g/mol. The van der Waals surface area contributed by atoms with Crippen molar-refractivity contribution in [2.45, 2.75) is 12.8 Å². The van der Waals surface area contributed by atoms with Crippen molar-refractivity contribution in [2.75, 3.05) is 11.9 Å². The van der Waals surface area contributed by atoms with Crippen molar-refractivity contribution in [3.8, 4) is 5.75 Å². The molecule has 3 nitrogen and oxygen atoms in total. The minimum atomic E-state index is -0.117. The van der Waals surface area contributed by atoms with E-state index in [1.165, 1.54) is 0 Å². The van der Waals surface area contributed by atoms with Gasteiger partial charge in [-0.25, -0.2) is 0 Å². The summed E-state index contributed by atoms with van der Waals surface area (Å²) in [6, 6.07) is 7.34. The van der Waals surface area contributed by atoms with Crippen molar-refractivity contribution in [3.05, 3.63) is 43.7 Å². The van der Waals surface area contributed by atoms with Crippen molar-refractivity contribution < 1.29 is 9.53 Å². The number of thiophene rings is 1. The molecule has 0 saturated carbocycles. The summed E-state index contributed by atoms with van der Waals surface area (Å²) in [5.41, 5.74) is 2.25. The molecule has 0 spiro atoms. The number of carbonyl (C=O) groups excluding carboxylic acids is 1. The van der Waals surface area contributed by atoms with E-state index >= 15 is 0 Å². The van der Waals surface area contributed by atoms with Crippen molar-refractivity contribution in [1.29, 1.82) is 0 Å². The first-order chi connectivity index (χ1) is 9.63. The third kappa shape index (κ3) is 3.86. The first-order valence-electron chi connectivity index (χ1n) is 6.01. The molecule has 2 aromatic rings. The molecule has 1 aromatic carbocycles. The van der Waals surface area contributed by atoms with Crippen molar-refractivity contribution in [3.63, 3.8) is 0 Å². The second kappa shape index (κ2) is 7.28. The summed E-state index contributed by atoms with van der Waals surface area (Å²) in [4.78, 5) is 12.1. The van der Waals surface area contributed by atoms with Crippen LogP contribution in [0, 0.1) is 2.88 Å². The Morgan fingerprint density at radius 2 is 2.25 bits per heavy atom. The van der Waals surface area contributed by atoms with E-state index < -0.39 is 0 Å². The molecule has 1 heterocycles. The first-order valence-corrected chi connectivity index (χ1v) is 8.50. The van der Waals surface area contributed by atoms with E-state index in [4.69, 9.17) is 16.3 Å². The quantitative estimate of drug-likeness (QED) is 0.559. The zero-order valence-electron chi connectivity index (χ0n) is 10.8. The fraction of sp³-hybridized carbons (Fsp3) is 0.214. The molecular formula is C14H13ClINO2S. The lowest BCUT2D eigenvalue weighted by molar-refractivity contribution is 0.102. The summed E-state index contributed by atoms with van der Waals surface area (Å²) in [5.74, 6) is 0.981. The summed E-state index contributed by atoms with van der Waals surface area (Å²) in [6.07, 6.45) is 0. The molecule has 1 amide bonds. The van der Waals surface area contributed by atoms with Gasteiger partial charge in [-0.05, 0) is 53.8 Å². The van der Waals surface area contributed by atoms with Crippen LogP contribution in [0.15, 0.2) is 29.6 Å². The number of amides is 1. The second-order valence-corrected chi connectivity index (χ2v) is 7.06. The maximum absolute atomic E-state index is 12.1. The van der Waals surface area contributed by atoms with Gasteiger partial charge < -0.3 is 10.1 Å². The van der Waals surface area contributed by atoms with Crippen LogP contribution in [0.4, 0.5) is 5.69 Å². The van der Waals surface area contributed by atoms with Crippen LogP contribution in [-0.4, -0.2) is 12.5 Å². The van der Waals surface area contributed by atoms with Gasteiger partial charge in [-0.1, -0.05) is 0 Å². The van der Waals surface area contributed by atoms with E-state index in [0.717, 1.165) is 19.9 Å². The number of carbonyl (C=O) groups is 1. The Hall–Kier alpha value is -0.790. The van der Waals surface area contributed by atoms with Crippen LogP contribution in [0.2, 0.25) is 0 Å². The van der Waals surface area contributed by atoms with Gasteiger partial charge in [0.2, 0.25) is 0 Å². The number of alkyl halides is 1. The van der Waals surface area contributed by atoms with Crippen LogP contribution >= 0.6 is 45.5 Å². The Balaban J connectivity index is 2.15. The molecule has 20 heavy (non-hydrogen) atoms. The van der Waals surface area contributed by atoms with Crippen molar-refractivity contribution >= 4 is 57.1 Å². The molecule has 0 bridgehead atoms. The van der Waals surface area contributed by atoms with E-state index in [1.54, 1.807) is 11.3 Å². The Labute approximate surface area is 140 Å². The molecule has 1 aromatic heterocycles. The molecular weight excluding hydrogens is 409 g/mol. The number of hydrogen-bond acceptors (Lipinski definition) is 3. The summed E-state index contributed by atoms with van der Waals surface area (Å²) >= 11 is 9.64. The Morgan fingerprint density at radius 3 is 2.85 bits per heavy atom. The van der Waals surface area contributed by atoms with Gasteiger partial charge in [0.25, 0.3) is 5.91 Å². The second-order valence-electron chi connectivity index (χ2n) is 3.98. The van der Waals surface area contributed by atoms with Crippen LogP contribution in [0.3, 0.4) is 0 Å². The summed E-state index contributed by atoms with van der Waals surface area (Å²) in [5, 5.41) is 4.71. The van der Waals surface area contributed by atoms with Gasteiger partial charge in [0, 0.05) is 16.6 Å². The van der Waals surface area contributed by atoms with Crippen LogP contribution in [0.1, 0.15) is 22.8 Å². The molecule has 0 saturated heterocycles. The van der Waals surface area contributed by atoms with Gasteiger partial charge in [0.15, 0.2) is 0 Å². The standard InChI is InChI=1S/C14H13ClINO2S/c1-2-19-12-4-3-11(5-9(12)7-15)17-14(18)10-6-13(16)20-8-10/h3-6,8H,2,7H2,1H3,(H,17,18). The molecule has 0 aliphatic heterocycles. The fourth-order valence-electron chi connectivity index (χ4n) is 1.69. The lowest BCUT2D eigenvalue weighted by Gasteiger charge is -2.11. The lowest BCUT2D eigenvalue weighted by Crippen LogP contribution is -2.11. The molecule has 0 fully saturated rings. The minimum absolute atomic E-state index is 0.117. The number of nitrogens with one attached hydrogen (secondary N) is 1. The molecule has 0 radical (unpaired) electrons. The van der Waals surface area contributed by atoms with E-state index in [1.807, 2.05) is 36.6 Å². The highest BCUT2D eigenvalue weighted by molar-refractivity contribution is 14.1. The summed E-state index contributed by atoms with van der Waals surface area (Å²) in [6.45, 7) is 2.51. The lowest BCUT2D eigenvalue weighted by atomic mass is 10.2. The SMILES string of the molecule is CCOc1ccc(NC(=O)c2csc(I)c2)cc1CCl. The third-order valence-electron chi connectivity index (χ3n) is 2.59. The molecule has 0 aliphatic carbocycles. The van der Waals surface area contributed by atoms with Gasteiger partial charge in [-0.15, -0.1) is 22.9 Å². The van der Waals surface area contributed by atoms with Gasteiger partial charge in [0.1, 0.15) is 5.75 Å². The Kier molecular flexibility index (Phi) is 5.68. The van der Waals surface area contributed by atoms with Gasteiger partial charge in [-0.3, -0.25) is 4.79 Å². The zero-order chi connectivity index (χ0) is 14.5. The monoisotopic (exact) mass is 421 g/mol. The number of halogens is 2. The number of ether oxygens (including phenoxy) is 1. The molecule has 6 heteroatoms. The van der Waals surface area contributed by atoms with Crippen LogP contribution < -0.4 is 10.1 Å². The number of anilines is 1. The molecule has 0 unspecified atom stereocenters. The fourth-order valence-corrected chi connectivity index (χ4v) is 3.23. The minimum Gasteiger partial charge on any atom is -0.494 e. The molecule has 0 aliphatic rings. The van der Waals surface area contributed by atoms with E-state index in [0.29, 0.717) is 18.1 Å². The number of rotatable bonds is 5. The number of benzene rings is 1. The van der Waals surface area contributed by atoms with Gasteiger partial charge in [-0.2, -0.15) is 0 Å². The third-order valence-corrected chi connectivity index (χ3v) is 4.67. The maximum Gasteiger partial charge on any atom is 0.256 e. The van der Waals surface area contributed by atoms with Crippen LogP contribution in [0.25, 0.3) is 0 Å². The Bertz CT molecular complexity index is 615. The van der Waals surface area contributed by atoms with Crippen molar-refractivity contribution in [1.82, 2.24) is 0 Å². The van der Waals surface area contributed by atoms with E-state index in [2.05, 4.69) is 27.9 Å². The van der Waals surface area contributed by atoms with Gasteiger partial charge in [0.05, 0.1) is 20.9 Å². The smallest absolute Gasteiger partial charge is 0.256 e. The molecule has 106 valence electrons. The first kappa shape index (κ1) is 15.6. The Morgan fingerprint density at radius 1 is 1.45 bits per heavy atom. The predicted octanol–water partition coefficient (Wildman–Crippen LogP) is 4.74. The highest BCUT2D eigenvalue weighted by Gasteiger charge is 2.10. The summed E-state index contributed by atoms with van der Waals surface area (Å²) < 4.78 is 6.56. The largest absolute Gasteiger partial charge is 0.494 e. The molecule has 1 N–H and O–H groups in total. The van der Waals surface area contributed by atoms with E-state index in [9.17, 15) is 4.79 Å². The number of hydrogen-bond donors (Lipinski definition) is 1. The topological polar surface area (TPSA) is 38.3 Å². The normalized spacial score (nSPS) is 10.3. The van der Waals surface area contributed by atoms with E-state index in [-0.39, 0.29) is 5.91 Å². The van der Waals surface area contributed by atoms with Crippen LogP contribution in [0.5, 0.6) is 5.75 Å². The molecule has 0 atom stereocenters. The highest BCUT2D eigenvalue weighted by Crippen LogP contribution is 2.25. The van der Waals surface area contributed by atoms with Gasteiger partial charge >= 0.3 is 0 Å². The van der Waals surface area contributed by atoms with Crippen molar-refractivity contribution in [2.24, 2.45) is 0 Å². The maximum atomic E-state index is 12.1. The van der Waals surface area contributed by atoms with Crippen LogP contribution in [-0.2, 0) is 5.88 Å². The molecule has 2 rings (SSSR count). The summed E-state index contributed by atoms with van der Waals surface area (Å²) in [7, 11) is 0. The predicted molar refractivity (Wildman–Crippen MR) is 92.2 cm³/mol. The highest BCUT2D eigenvalue weighted by atomic mass is 127.